The highest BCUT2D eigenvalue weighted by Crippen LogP contribution is 2.26. The molecule has 0 radical (unpaired) electrons. The molecule has 0 aliphatic carbocycles. The topological polar surface area (TPSA) is 92.8 Å². The highest BCUT2D eigenvalue weighted by atomic mass is 32.2. The van der Waals surface area contributed by atoms with Crippen LogP contribution in [0.25, 0.3) is 11.0 Å². The normalized spacial score (nSPS) is 10.8. The summed E-state index contributed by atoms with van der Waals surface area (Å²) in [5.74, 6) is 1.44. The molecule has 0 unspecified atom stereocenters. The molecule has 0 aliphatic rings. The molecule has 0 atom stereocenters. The van der Waals surface area contributed by atoms with E-state index in [0.717, 1.165) is 32.9 Å². The Morgan fingerprint density at radius 2 is 2.07 bits per heavy atom. The van der Waals surface area contributed by atoms with Gasteiger partial charge in [0, 0.05) is 17.9 Å². The van der Waals surface area contributed by atoms with Gasteiger partial charge in [0.1, 0.15) is 17.1 Å². The predicted octanol–water partition coefficient (Wildman–Crippen LogP) is 3.63. The van der Waals surface area contributed by atoms with E-state index in [4.69, 9.17) is 4.74 Å². The third-order valence-corrected chi connectivity index (χ3v) is 5.73. The second-order valence-electron chi connectivity index (χ2n) is 6.62. The lowest BCUT2D eigenvalue weighted by molar-refractivity contribution is 0.0954. The van der Waals surface area contributed by atoms with Gasteiger partial charge in [0.25, 0.3) is 5.91 Å². The molecule has 2 N–H and O–H groups in total. The lowest BCUT2D eigenvalue weighted by atomic mass is 10.1. The fraction of sp³-hybridized carbons (Fsp3) is 0.182. The number of thioether (sulfide) groups is 1. The number of aromatic nitrogens is 4. The van der Waals surface area contributed by atoms with Crippen LogP contribution in [0.15, 0.2) is 66.1 Å². The van der Waals surface area contributed by atoms with Gasteiger partial charge < -0.3 is 10.1 Å². The van der Waals surface area contributed by atoms with E-state index in [9.17, 15) is 4.79 Å². The van der Waals surface area contributed by atoms with E-state index in [2.05, 4.69) is 25.5 Å². The van der Waals surface area contributed by atoms with E-state index < -0.39 is 0 Å². The van der Waals surface area contributed by atoms with E-state index in [1.807, 2.05) is 48.5 Å². The third kappa shape index (κ3) is 4.60. The summed E-state index contributed by atoms with van der Waals surface area (Å²) >= 11 is 1.59. The molecule has 30 heavy (non-hydrogen) atoms. The Kier molecular flexibility index (Phi) is 6.24. The van der Waals surface area contributed by atoms with E-state index in [1.54, 1.807) is 25.1 Å². The van der Waals surface area contributed by atoms with Crippen molar-refractivity contribution in [2.75, 3.05) is 13.7 Å². The number of carbonyl (C=O) groups excluding carboxylic acids is 1. The number of nitrogens with one attached hydrogen (secondary N) is 2. The Hall–Kier alpha value is -3.39. The van der Waals surface area contributed by atoms with Crippen molar-refractivity contribution in [1.82, 2.24) is 25.5 Å². The number of aromatic amines is 1. The fourth-order valence-corrected chi connectivity index (χ4v) is 4.04. The highest BCUT2D eigenvalue weighted by molar-refractivity contribution is 7.98. The van der Waals surface area contributed by atoms with Gasteiger partial charge in [0.2, 0.25) is 0 Å². The fourth-order valence-electron chi connectivity index (χ4n) is 3.13. The molecule has 0 spiro atoms. The van der Waals surface area contributed by atoms with Gasteiger partial charge in [0.15, 0.2) is 5.65 Å². The lowest BCUT2D eigenvalue weighted by Gasteiger charge is -2.10. The van der Waals surface area contributed by atoms with Crippen molar-refractivity contribution in [2.24, 2.45) is 0 Å². The minimum Gasteiger partial charge on any atom is -0.496 e. The van der Waals surface area contributed by atoms with Crippen molar-refractivity contribution in [3.8, 4) is 5.75 Å². The summed E-state index contributed by atoms with van der Waals surface area (Å²) in [6.07, 6.45) is 3.96. The number of amides is 1. The number of H-pyrrole nitrogens is 1. The van der Waals surface area contributed by atoms with Gasteiger partial charge in [-0.15, -0.1) is 11.8 Å². The van der Waals surface area contributed by atoms with E-state index in [1.165, 1.54) is 6.33 Å². The zero-order chi connectivity index (χ0) is 20.8. The average Bonchev–Trinajstić information content (AvgIpc) is 3.27. The number of rotatable bonds is 8. The van der Waals surface area contributed by atoms with Gasteiger partial charge in [-0.2, -0.15) is 5.10 Å². The number of benzene rings is 2. The molecule has 0 saturated heterocycles. The van der Waals surface area contributed by atoms with Gasteiger partial charge in [-0.05, 0) is 35.7 Å². The van der Waals surface area contributed by atoms with Crippen molar-refractivity contribution in [3.63, 3.8) is 0 Å². The summed E-state index contributed by atoms with van der Waals surface area (Å²) in [6.45, 7) is 0.539. The Balaban J connectivity index is 1.35. The van der Waals surface area contributed by atoms with Gasteiger partial charge in [-0.3, -0.25) is 9.89 Å². The molecule has 0 bridgehead atoms. The second-order valence-corrected chi connectivity index (χ2v) is 7.58. The molecular weight excluding hydrogens is 398 g/mol. The summed E-state index contributed by atoms with van der Waals surface area (Å²) in [6, 6.07) is 15.5. The number of hydrogen-bond acceptors (Lipinski definition) is 6. The molecule has 8 heteroatoms. The SMILES string of the molecule is COc1ccccc1CCNC(=O)c1cccc(CSc2ncnc3[nH]ncc23)c1. The Bertz CT molecular complexity index is 1160. The molecule has 4 rings (SSSR count). The van der Waals surface area contributed by atoms with Crippen LogP contribution in [0.1, 0.15) is 21.5 Å². The Morgan fingerprint density at radius 1 is 1.17 bits per heavy atom. The van der Waals surface area contributed by atoms with Gasteiger partial charge >= 0.3 is 0 Å². The standard InChI is InChI=1S/C22H21N5O2S/c1-29-19-8-3-2-6-16(19)9-10-23-21(28)17-7-4-5-15(11-17)13-30-22-18-12-26-27-20(18)24-14-25-22/h2-8,11-12,14H,9-10,13H2,1H3,(H,23,28)(H,24,25,26,27). The second kappa shape index (κ2) is 9.41. The minimum absolute atomic E-state index is 0.0870. The molecule has 0 saturated carbocycles. The predicted molar refractivity (Wildman–Crippen MR) is 117 cm³/mol. The largest absolute Gasteiger partial charge is 0.496 e. The van der Waals surface area contributed by atoms with Crippen molar-refractivity contribution in [1.29, 1.82) is 0 Å². The number of fused-ring (bicyclic) bond motifs is 1. The molecule has 2 aromatic carbocycles. The van der Waals surface area contributed by atoms with Gasteiger partial charge in [0.05, 0.1) is 18.7 Å². The molecule has 2 heterocycles. The zero-order valence-corrected chi connectivity index (χ0v) is 17.3. The highest BCUT2D eigenvalue weighted by Gasteiger charge is 2.09. The summed E-state index contributed by atoms with van der Waals surface area (Å²) < 4.78 is 5.36. The van der Waals surface area contributed by atoms with Crippen LogP contribution in [0.4, 0.5) is 0 Å². The minimum atomic E-state index is -0.0870. The quantitative estimate of drug-likeness (QED) is 0.335. The first-order valence-electron chi connectivity index (χ1n) is 9.50. The molecular formula is C22H21N5O2S. The van der Waals surface area contributed by atoms with Crippen LogP contribution in [-0.2, 0) is 12.2 Å². The smallest absolute Gasteiger partial charge is 0.251 e. The van der Waals surface area contributed by atoms with E-state index in [0.29, 0.717) is 24.3 Å². The van der Waals surface area contributed by atoms with Crippen molar-refractivity contribution >= 4 is 28.7 Å². The summed E-state index contributed by atoms with van der Waals surface area (Å²) in [4.78, 5) is 21.1. The lowest BCUT2D eigenvalue weighted by Crippen LogP contribution is -2.25. The van der Waals surface area contributed by atoms with Crippen molar-refractivity contribution in [2.45, 2.75) is 17.2 Å². The number of ether oxygens (including phenoxy) is 1. The van der Waals surface area contributed by atoms with E-state index >= 15 is 0 Å². The number of hydrogen-bond donors (Lipinski definition) is 2. The maximum absolute atomic E-state index is 12.6. The first kappa shape index (κ1) is 19.9. The van der Waals surface area contributed by atoms with E-state index in [-0.39, 0.29) is 5.91 Å². The van der Waals surface area contributed by atoms with Gasteiger partial charge in [-0.25, -0.2) is 9.97 Å². The molecule has 1 amide bonds. The van der Waals surface area contributed by atoms with Crippen LogP contribution in [0.3, 0.4) is 0 Å². The first-order valence-corrected chi connectivity index (χ1v) is 10.5. The first-order chi connectivity index (χ1) is 14.7. The molecule has 0 aliphatic heterocycles. The molecule has 0 fully saturated rings. The maximum Gasteiger partial charge on any atom is 0.251 e. The number of para-hydroxylation sites is 1. The third-order valence-electron chi connectivity index (χ3n) is 4.65. The monoisotopic (exact) mass is 419 g/mol. The Labute approximate surface area is 178 Å². The summed E-state index contributed by atoms with van der Waals surface area (Å²) in [5, 5.41) is 11.6. The van der Waals surface area contributed by atoms with Crippen LogP contribution >= 0.6 is 11.8 Å². The van der Waals surface area contributed by atoms with Crippen LogP contribution in [0.2, 0.25) is 0 Å². The summed E-state index contributed by atoms with van der Waals surface area (Å²) in [5.41, 5.74) is 3.48. The maximum atomic E-state index is 12.6. The Morgan fingerprint density at radius 3 is 2.97 bits per heavy atom. The van der Waals surface area contributed by atoms with Crippen LogP contribution in [0, 0.1) is 0 Å². The van der Waals surface area contributed by atoms with Crippen LogP contribution < -0.4 is 10.1 Å². The van der Waals surface area contributed by atoms with Crippen molar-refractivity contribution in [3.05, 3.63) is 77.7 Å². The van der Waals surface area contributed by atoms with Gasteiger partial charge in [-0.1, -0.05) is 30.3 Å². The number of carbonyl (C=O) groups is 1. The van der Waals surface area contributed by atoms with Crippen molar-refractivity contribution < 1.29 is 9.53 Å². The zero-order valence-electron chi connectivity index (χ0n) is 16.5. The van der Waals surface area contributed by atoms with Crippen LogP contribution in [-0.4, -0.2) is 39.7 Å². The molecule has 2 aromatic heterocycles. The molecule has 7 nitrogen and oxygen atoms in total. The number of methoxy groups -OCH3 is 1. The molecule has 152 valence electrons. The molecule has 4 aromatic rings. The average molecular weight is 420 g/mol. The summed E-state index contributed by atoms with van der Waals surface area (Å²) in [7, 11) is 1.65. The van der Waals surface area contributed by atoms with Crippen LogP contribution in [0.5, 0.6) is 5.75 Å². The number of nitrogens with zero attached hydrogens (tertiary/aromatic N) is 3.